The molecule has 1 fully saturated rings. The maximum atomic E-state index is 13.7. The third-order valence-electron chi connectivity index (χ3n) is 5.69. The van der Waals surface area contributed by atoms with E-state index in [0.29, 0.717) is 16.8 Å². The van der Waals surface area contributed by atoms with E-state index < -0.39 is 0 Å². The van der Waals surface area contributed by atoms with Gasteiger partial charge in [0.2, 0.25) is 0 Å². The van der Waals surface area contributed by atoms with Crippen molar-refractivity contribution in [3.8, 4) is 0 Å². The summed E-state index contributed by atoms with van der Waals surface area (Å²) in [5, 5.41) is 2.84. The van der Waals surface area contributed by atoms with Gasteiger partial charge in [-0.3, -0.25) is 4.79 Å². The van der Waals surface area contributed by atoms with Crippen molar-refractivity contribution in [1.82, 2.24) is 0 Å². The van der Waals surface area contributed by atoms with Crippen molar-refractivity contribution in [2.24, 2.45) is 0 Å². The summed E-state index contributed by atoms with van der Waals surface area (Å²) >= 11 is 0. The van der Waals surface area contributed by atoms with Gasteiger partial charge < -0.3 is 15.1 Å². The lowest BCUT2D eigenvalue weighted by Gasteiger charge is -2.33. The zero-order chi connectivity index (χ0) is 20.9. The molecule has 1 heterocycles. The van der Waals surface area contributed by atoms with Crippen LogP contribution in [0.15, 0.2) is 72.8 Å². The highest BCUT2D eigenvalue weighted by atomic mass is 19.1. The predicted molar refractivity (Wildman–Crippen MR) is 119 cm³/mol. The number of nitrogens with one attached hydrogen (secondary N) is 2. The standard InChI is InChI=1S/C25H26FN3O/c1-19-7-8-21(17-24(19)26)25(30)27-22-9-11-23(12-10-22)29-15-13-28(14-16-29)18-20-5-3-2-4-6-20/h2-12,17H,13-16,18H2,1H3,(H,27,30)/p+1. The highest BCUT2D eigenvalue weighted by Crippen LogP contribution is 2.19. The lowest BCUT2D eigenvalue weighted by molar-refractivity contribution is -0.914. The van der Waals surface area contributed by atoms with Crippen molar-refractivity contribution in [3.63, 3.8) is 0 Å². The normalized spacial score (nSPS) is 14.5. The van der Waals surface area contributed by atoms with Crippen LogP contribution in [0.4, 0.5) is 15.8 Å². The Balaban J connectivity index is 1.31. The fourth-order valence-corrected chi connectivity index (χ4v) is 3.84. The van der Waals surface area contributed by atoms with Crippen molar-refractivity contribution in [1.29, 1.82) is 0 Å². The van der Waals surface area contributed by atoms with Gasteiger partial charge >= 0.3 is 0 Å². The van der Waals surface area contributed by atoms with E-state index >= 15 is 0 Å². The number of benzene rings is 3. The number of carbonyl (C=O) groups excluding carboxylic acids is 1. The molecule has 2 N–H and O–H groups in total. The van der Waals surface area contributed by atoms with Crippen LogP contribution < -0.4 is 15.1 Å². The van der Waals surface area contributed by atoms with Crippen LogP contribution in [-0.4, -0.2) is 32.1 Å². The number of hydrogen-bond donors (Lipinski definition) is 2. The molecule has 0 bridgehead atoms. The number of halogens is 1. The number of piperazine rings is 1. The van der Waals surface area contributed by atoms with Gasteiger partial charge in [0, 0.05) is 22.5 Å². The molecule has 0 radical (unpaired) electrons. The molecule has 0 unspecified atom stereocenters. The maximum absolute atomic E-state index is 13.7. The Hall–Kier alpha value is -3.18. The summed E-state index contributed by atoms with van der Waals surface area (Å²) in [6.45, 7) is 6.98. The van der Waals surface area contributed by atoms with Crippen LogP contribution in [0, 0.1) is 12.7 Å². The molecule has 0 aromatic heterocycles. The van der Waals surface area contributed by atoms with Crippen LogP contribution in [0.2, 0.25) is 0 Å². The van der Waals surface area contributed by atoms with Crippen molar-refractivity contribution in [2.45, 2.75) is 13.5 Å². The van der Waals surface area contributed by atoms with E-state index in [9.17, 15) is 9.18 Å². The molecular formula is C25H27FN3O+. The summed E-state index contributed by atoms with van der Waals surface area (Å²) in [5.74, 6) is -0.675. The lowest BCUT2D eigenvalue weighted by Crippen LogP contribution is -3.13. The number of aryl methyl sites for hydroxylation is 1. The number of carbonyl (C=O) groups is 1. The first-order chi connectivity index (χ1) is 14.6. The molecule has 1 saturated heterocycles. The summed E-state index contributed by atoms with van der Waals surface area (Å²) in [5.41, 5.74) is 4.10. The van der Waals surface area contributed by atoms with Crippen LogP contribution in [0.5, 0.6) is 0 Å². The fraction of sp³-hybridized carbons (Fsp3) is 0.240. The molecule has 0 aliphatic carbocycles. The first-order valence-electron chi connectivity index (χ1n) is 10.4. The molecule has 154 valence electrons. The minimum Gasteiger partial charge on any atom is -0.360 e. The Morgan fingerprint density at radius 3 is 2.37 bits per heavy atom. The Kier molecular flexibility index (Phi) is 6.10. The van der Waals surface area contributed by atoms with Crippen LogP contribution in [0.3, 0.4) is 0 Å². The van der Waals surface area contributed by atoms with Gasteiger partial charge in [0.05, 0.1) is 26.2 Å². The second-order valence-electron chi connectivity index (χ2n) is 7.86. The summed E-state index contributed by atoms with van der Waals surface area (Å²) in [6.07, 6.45) is 0. The van der Waals surface area contributed by atoms with Gasteiger partial charge in [0.25, 0.3) is 5.91 Å². The topological polar surface area (TPSA) is 36.8 Å². The summed E-state index contributed by atoms with van der Waals surface area (Å²) < 4.78 is 13.7. The molecule has 30 heavy (non-hydrogen) atoms. The number of hydrogen-bond acceptors (Lipinski definition) is 2. The molecule has 1 aliphatic heterocycles. The Bertz CT molecular complexity index is 997. The Morgan fingerprint density at radius 2 is 1.70 bits per heavy atom. The highest BCUT2D eigenvalue weighted by molar-refractivity contribution is 6.04. The Labute approximate surface area is 176 Å². The number of rotatable bonds is 5. The zero-order valence-electron chi connectivity index (χ0n) is 17.2. The van der Waals surface area contributed by atoms with E-state index in [2.05, 4.69) is 40.5 Å². The van der Waals surface area contributed by atoms with Gasteiger partial charge in [-0.1, -0.05) is 36.4 Å². The average Bonchev–Trinajstić information content (AvgIpc) is 2.77. The average molecular weight is 405 g/mol. The molecule has 1 amide bonds. The molecule has 4 rings (SSSR count). The molecule has 0 atom stereocenters. The van der Waals surface area contributed by atoms with Crippen molar-refractivity contribution >= 4 is 17.3 Å². The van der Waals surface area contributed by atoms with E-state index in [1.54, 1.807) is 24.0 Å². The van der Waals surface area contributed by atoms with E-state index in [0.717, 1.165) is 38.4 Å². The minimum atomic E-state index is -0.369. The van der Waals surface area contributed by atoms with Gasteiger partial charge in [-0.2, -0.15) is 0 Å². The van der Waals surface area contributed by atoms with Crippen molar-refractivity contribution in [3.05, 3.63) is 95.3 Å². The molecule has 1 aliphatic rings. The van der Waals surface area contributed by atoms with Gasteiger partial charge in [-0.05, 0) is 48.9 Å². The first kappa shape index (κ1) is 20.1. The van der Waals surface area contributed by atoms with Gasteiger partial charge in [-0.25, -0.2) is 4.39 Å². The van der Waals surface area contributed by atoms with E-state index in [1.165, 1.54) is 11.6 Å². The molecule has 0 saturated carbocycles. The summed E-state index contributed by atoms with van der Waals surface area (Å²) in [4.78, 5) is 16.3. The van der Waals surface area contributed by atoms with Gasteiger partial charge in [0.15, 0.2) is 0 Å². The van der Waals surface area contributed by atoms with Crippen LogP contribution in [0.25, 0.3) is 0 Å². The number of nitrogens with zero attached hydrogens (tertiary/aromatic N) is 1. The molecule has 3 aromatic carbocycles. The molecule has 3 aromatic rings. The molecule has 0 spiro atoms. The third kappa shape index (κ3) is 4.86. The molecule has 5 heteroatoms. The lowest BCUT2D eigenvalue weighted by atomic mass is 10.1. The number of quaternary nitrogens is 1. The highest BCUT2D eigenvalue weighted by Gasteiger charge is 2.20. The molecule has 4 nitrogen and oxygen atoms in total. The monoisotopic (exact) mass is 404 g/mol. The summed E-state index contributed by atoms with van der Waals surface area (Å²) in [7, 11) is 0. The van der Waals surface area contributed by atoms with Gasteiger partial charge in [-0.15, -0.1) is 0 Å². The van der Waals surface area contributed by atoms with Crippen LogP contribution in [-0.2, 0) is 6.54 Å². The van der Waals surface area contributed by atoms with Crippen LogP contribution in [0.1, 0.15) is 21.5 Å². The molecular weight excluding hydrogens is 377 g/mol. The Morgan fingerprint density at radius 1 is 1.00 bits per heavy atom. The number of amides is 1. The maximum Gasteiger partial charge on any atom is 0.255 e. The van der Waals surface area contributed by atoms with E-state index in [1.807, 2.05) is 24.3 Å². The minimum absolute atomic E-state index is 0.306. The second kappa shape index (κ2) is 9.09. The fourth-order valence-electron chi connectivity index (χ4n) is 3.84. The first-order valence-corrected chi connectivity index (χ1v) is 10.4. The second-order valence-corrected chi connectivity index (χ2v) is 7.86. The number of anilines is 2. The SMILES string of the molecule is Cc1ccc(C(=O)Nc2ccc(N3CC[NH+](Cc4ccccc4)CC3)cc2)cc1F. The largest absolute Gasteiger partial charge is 0.360 e. The third-order valence-corrected chi connectivity index (χ3v) is 5.69. The smallest absolute Gasteiger partial charge is 0.255 e. The predicted octanol–water partition coefficient (Wildman–Crippen LogP) is 3.29. The summed E-state index contributed by atoms with van der Waals surface area (Å²) in [6, 6.07) is 23.0. The van der Waals surface area contributed by atoms with Gasteiger partial charge in [0.1, 0.15) is 12.4 Å². The zero-order valence-corrected chi connectivity index (χ0v) is 17.2. The van der Waals surface area contributed by atoms with Crippen LogP contribution >= 0.6 is 0 Å². The van der Waals surface area contributed by atoms with Crippen molar-refractivity contribution in [2.75, 3.05) is 36.4 Å². The van der Waals surface area contributed by atoms with E-state index in [-0.39, 0.29) is 11.7 Å². The van der Waals surface area contributed by atoms with E-state index in [4.69, 9.17) is 0 Å². The quantitative estimate of drug-likeness (QED) is 0.685. The van der Waals surface area contributed by atoms with Crippen molar-refractivity contribution < 1.29 is 14.1 Å².